The van der Waals surface area contributed by atoms with Crippen LogP contribution in [0, 0.1) is 11.8 Å². The monoisotopic (exact) mass is 287 g/mol. The Bertz CT molecular complexity index is 360. The molecule has 0 aromatic rings. The van der Waals surface area contributed by atoms with E-state index in [9.17, 15) is 14.4 Å². The van der Waals surface area contributed by atoms with Crippen molar-refractivity contribution in [2.75, 3.05) is 0 Å². The summed E-state index contributed by atoms with van der Waals surface area (Å²) >= 11 is 0. The first-order valence-electron chi connectivity index (χ1n) is 6.84. The van der Waals surface area contributed by atoms with Gasteiger partial charge in [0.15, 0.2) is 0 Å². The Hall–Kier alpha value is -1.63. The molecule has 0 bridgehead atoms. The average molecular weight is 287 g/mol. The third-order valence-corrected chi connectivity index (χ3v) is 3.56. The molecule has 4 atom stereocenters. The van der Waals surface area contributed by atoms with Crippen LogP contribution in [0.2, 0.25) is 0 Å². The molecule has 0 aromatic carbocycles. The zero-order chi connectivity index (χ0) is 15.9. The van der Waals surface area contributed by atoms with E-state index in [1.165, 1.54) is 0 Å². The van der Waals surface area contributed by atoms with E-state index in [-0.39, 0.29) is 29.8 Å². The largest absolute Gasteiger partial charge is 0.480 e. The third-order valence-electron chi connectivity index (χ3n) is 3.56. The number of hydrogen-bond donors (Lipinski definition) is 4. The number of nitrogens with two attached hydrogens (primary N) is 1. The number of nitrogens with one attached hydrogen (secondary N) is 2. The van der Waals surface area contributed by atoms with Crippen LogP contribution in [0.5, 0.6) is 0 Å². The molecule has 1 heterocycles. The minimum atomic E-state index is -0.913. The Morgan fingerprint density at radius 2 is 1.85 bits per heavy atom. The number of carbonyl (C=O) groups is 3. The maximum Gasteiger partial charge on any atom is 0.322 e. The molecular weight excluding hydrogens is 262 g/mol. The molecule has 1 aliphatic heterocycles. The van der Waals surface area contributed by atoms with Gasteiger partial charge in [-0.2, -0.15) is 0 Å². The minimum Gasteiger partial charge on any atom is -0.480 e. The summed E-state index contributed by atoms with van der Waals surface area (Å²) in [6, 6.07) is -1.40. The van der Waals surface area contributed by atoms with Crippen LogP contribution in [-0.4, -0.2) is 35.1 Å². The minimum absolute atomic E-state index is 0.0718. The van der Waals surface area contributed by atoms with E-state index in [1.54, 1.807) is 0 Å². The van der Waals surface area contributed by atoms with Crippen LogP contribution in [0.15, 0.2) is 0 Å². The number of carbonyl (C=O) groups excluding carboxylic acids is 2. The van der Waals surface area contributed by atoms with E-state index >= 15 is 0 Å². The summed E-state index contributed by atoms with van der Waals surface area (Å²) in [7, 11) is 0. The van der Waals surface area contributed by atoms with Crippen molar-refractivity contribution in [3.8, 4) is 0 Å². The van der Waals surface area contributed by atoms with Crippen LogP contribution >= 0.6 is 0 Å². The van der Waals surface area contributed by atoms with Gasteiger partial charge in [0.05, 0.1) is 0 Å². The number of amides is 3. The Balaban J connectivity index is 0.000000370. The maximum absolute atomic E-state index is 11.0. The third kappa shape index (κ3) is 5.56. The lowest BCUT2D eigenvalue weighted by Gasteiger charge is -2.13. The fourth-order valence-corrected chi connectivity index (χ4v) is 1.57. The number of carboxylic acid groups (broad SMARTS) is 1. The molecule has 0 aromatic heterocycles. The zero-order valence-electron chi connectivity index (χ0n) is 12.5. The van der Waals surface area contributed by atoms with E-state index in [1.807, 2.05) is 27.7 Å². The quantitative estimate of drug-likeness (QED) is 0.554. The summed E-state index contributed by atoms with van der Waals surface area (Å²) in [5, 5.41) is 13.1. The fraction of sp³-hybridized carbons (Fsp3) is 0.769. The number of hydrogen-bond acceptors (Lipinski definition) is 4. The number of imide groups is 1. The second-order valence-corrected chi connectivity index (χ2v) is 5.08. The van der Waals surface area contributed by atoms with Gasteiger partial charge >= 0.3 is 12.0 Å². The van der Waals surface area contributed by atoms with E-state index in [0.29, 0.717) is 0 Å². The first-order chi connectivity index (χ1) is 9.24. The van der Waals surface area contributed by atoms with Crippen LogP contribution in [0.3, 0.4) is 0 Å². The second-order valence-electron chi connectivity index (χ2n) is 5.08. The van der Waals surface area contributed by atoms with E-state index in [2.05, 4.69) is 10.6 Å². The molecule has 0 saturated carbocycles. The summed E-state index contributed by atoms with van der Waals surface area (Å²) in [6.07, 6.45) is 1.70. The van der Waals surface area contributed by atoms with Crippen LogP contribution in [0.25, 0.3) is 0 Å². The predicted molar refractivity (Wildman–Crippen MR) is 75.0 cm³/mol. The number of rotatable bonds is 5. The van der Waals surface area contributed by atoms with Crippen LogP contribution in [0.4, 0.5) is 4.79 Å². The SMILES string of the molecule is CCC(C)C1NC(=O)NC1=O.CC[C@H](C)[C@H](N)C(=O)O. The fourth-order valence-electron chi connectivity index (χ4n) is 1.57. The molecule has 1 saturated heterocycles. The molecule has 1 fully saturated rings. The zero-order valence-corrected chi connectivity index (χ0v) is 12.5. The first kappa shape index (κ1) is 18.4. The highest BCUT2D eigenvalue weighted by Crippen LogP contribution is 2.10. The Morgan fingerprint density at radius 1 is 1.30 bits per heavy atom. The van der Waals surface area contributed by atoms with Crippen LogP contribution in [-0.2, 0) is 9.59 Å². The predicted octanol–water partition coefficient (Wildman–Crippen LogP) is 0.685. The molecule has 20 heavy (non-hydrogen) atoms. The molecular formula is C13H25N3O4. The standard InChI is InChI=1S/C7H12N2O2.C6H13NO2/c1-3-4(2)5-6(10)9-7(11)8-5;1-3-4(2)5(7)6(8)9/h4-5H,3H2,1-2H3,(H2,8,9,10,11);4-5H,3,7H2,1-2H3,(H,8,9)/t;4-,5-/m.0/s1. The molecule has 0 aliphatic carbocycles. The average Bonchev–Trinajstić information content (AvgIpc) is 2.75. The molecule has 116 valence electrons. The molecule has 0 radical (unpaired) electrons. The molecule has 5 N–H and O–H groups in total. The van der Waals surface area contributed by atoms with Gasteiger partial charge in [-0.1, -0.05) is 40.5 Å². The van der Waals surface area contributed by atoms with Gasteiger partial charge in [0, 0.05) is 0 Å². The van der Waals surface area contributed by atoms with Crippen LogP contribution < -0.4 is 16.4 Å². The summed E-state index contributed by atoms with van der Waals surface area (Å²) in [5.74, 6) is -0.836. The van der Waals surface area contributed by atoms with Crippen molar-refractivity contribution < 1.29 is 19.5 Å². The molecule has 7 nitrogen and oxygen atoms in total. The molecule has 1 aliphatic rings. The lowest BCUT2D eigenvalue weighted by molar-refractivity contribution is -0.139. The van der Waals surface area contributed by atoms with E-state index in [0.717, 1.165) is 12.8 Å². The Kier molecular flexibility index (Phi) is 7.83. The Morgan fingerprint density at radius 3 is 2.10 bits per heavy atom. The summed E-state index contributed by atoms with van der Waals surface area (Å²) < 4.78 is 0. The van der Waals surface area contributed by atoms with Crippen molar-refractivity contribution in [2.45, 2.75) is 52.6 Å². The molecule has 2 unspecified atom stereocenters. The van der Waals surface area contributed by atoms with Gasteiger partial charge in [-0.15, -0.1) is 0 Å². The van der Waals surface area contributed by atoms with Gasteiger partial charge in [0.1, 0.15) is 12.1 Å². The lowest BCUT2D eigenvalue weighted by atomic mass is 10.00. The van der Waals surface area contributed by atoms with Crippen molar-refractivity contribution >= 4 is 17.9 Å². The lowest BCUT2D eigenvalue weighted by Crippen LogP contribution is -2.36. The number of aliphatic carboxylic acids is 1. The van der Waals surface area contributed by atoms with Crippen molar-refractivity contribution in [2.24, 2.45) is 17.6 Å². The highest BCUT2D eigenvalue weighted by Gasteiger charge is 2.32. The molecule has 1 rings (SSSR count). The summed E-state index contributed by atoms with van der Waals surface area (Å²) in [4.78, 5) is 31.8. The van der Waals surface area contributed by atoms with Gasteiger partial charge in [-0.3, -0.25) is 14.9 Å². The van der Waals surface area contributed by atoms with Crippen molar-refractivity contribution in [1.82, 2.24) is 10.6 Å². The summed E-state index contributed by atoms with van der Waals surface area (Å²) in [5.41, 5.74) is 5.27. The number of urea groups is 1. The van der Waals surface area contributed by atoms with Crippen molar-refractivity contribution in [1.29, 1.82) is 0 Å². The highest BCUT2D eigenvalue weighted by atomic mass is 16.4. The Labute approximate surface area is 119 Å². The smallest absolute Gasteiger partial charge is 0.322 e. The van der Waals surface area contributed by atoms with Gasteiger partial charge in [0.2, 0.25) is 0 Å². The van der Waals surface area contributed by atoms with Gasteiger partial charge in [-0.25, -0.2) is 4.79 Å². The van der Waals surface area contributed by atoms with Crippen LogP contribution in [0.1, 0.15) is 40.5 Å². The summed E-state index contributed by atoms with van der Waals surface area (Å²) in [6.45, 7) is 7.69. The van der Waals surface area contributed by atoms with Gasteiger partial charge < -0.3 is 16.2 Å². The molecule has 0 spiro atoms. The molecule has 3 amide bonds. The normalized spacial score (nSPS) is 21.9. The van der Waals surface area contributed by atoms with Crippen molar-refractivity contribution in [3.63, 3.8) is 0 Å². The topological polar surface area (TPSA) is 122 Å². The van der Waals surface area contributed by atoms with E-state index in [4.69, 9.17) is 10.8 Å². The second kappa shape index (κ2) is 8.52. The van der Waals surface area contributed by atoms with E-state index < -0.39 is 12.0 Å². The van der Waals surface area contributed by atoms with Crippen molar-refractivity contribution in [3.05, 3.63) is 0 Å². The first-order valence-corrected chi connectivity index (χ1v) is 6.84. The number of carboxylic acids is 1. The maximum atomic E-state index is 11.0. The van der Waals surface area contributed by atoms with Gasteiger partial charge in [0.25, 0.3) is 5.91 Å². The molecule has 7 heteroatoms. The highest BCUT2D eigenvalue weighted by molar-refractivity contribution is 6.04. The van der Waals surface area contributed by atoms with Gasteiger partial charge in [-0.05, 0) is 11.8 Å².